The topological polar surface area (TPSA) is 83.4 Å². The molecular weight excluding hydrogens is 342 g/mol. The van der Waals surface area contributed by atoms with E-state index in [0.29, 0.717) is 34.8 Å². The normalized spacial score (nSPS) is 16.6. The number of methoxy groups -OCH3 is 2. The van der Waals surface area contributed by atoms with Gasteiger partial charge in [0, 0.05) is 12.0 Å². The molecule has 1 aromatic carbocycles. The van der Waals surface area contributed by atoms with Crippen molar-refractivity contribution < 1.29 is 14.0 Å². The number of nitrogens with two attached hydrogens (primary N) is 1. The van der Waals surface area contributed by atoms with Gasteiger partial charge in [-0.2, -0.15) is 4.98 Å². The van der Waals surface area contributed by atoms with Crippen molar-refractivity contribution in [1.82, 2.24) is 10.1 Å². The summed E-state index contributed by atoms with van der Waals surface area (Å²) in [4.78, 5) is 4.55. The maximum atomic E-state index is 6.26. The lowest BCUT2D eigenvalue weighted by atomic mass is 9.72. The van der Waals surface area contributed by atoms with Gasteiger partial charge in [0.25, 0.3) is 0 Å². The van der Waals surface area contributed by atoms with Crippen LogP contribution in [0, 0.1) is 5.41 Å². The molecule has 0 radical (unpaired) electrons. The fourth-order valence-electron chi connectivity index (χ4n) is 3.57. The Morgan fingerprint density at radius 1 is 1.20 bits per heavy atom. The Balaban J connectivity index is 1.85. The highest BCUT2D eigenvalue weighted by Gasteiger charge is 2.33. The van der Waals surface area contributed by atoms with Gasteiger partial charge in [-0.1, -0.05) is 36.0 Å². The second-order valence-electron chi connectivity index (χ2n) is 6.65. The summed E-state index contributed by atoms with van der Waals surface area (Å²) in [5, 5.41) is 4.55. The fraction of sp³-hybridized carbons (Fsp3) is 0.556. The van der Waals surface area contributed by atoms with Crippen LogP contribution in [0.3, 0.4) is 0 Å². The average Bonchev–Trinajstić information content (AvgIpc) is 3.10. The first kappa shape index (κ1) is 18.0. The van der Waals surface area contributed by atoms with Crippen LogP contribution in [-0.4, -0.2) is 30.9 Å². The van der Waals surface area contributed by atoms with E-state index in [-0.39, 0.29) is 5.41 Å². The third-order valence-electron chi connectivity index (χ3n) is 5.03. The van der Waals surface area contributed by atoms with Crippen molar-refractivity contribution in [1.29, 1.82) is 0 Å². The zero-order chi connectivity index (χ0) is 17.9. The molecule has 7 heteroatoms. The van der Waals surface area contributed by atoms with E-state index in [2.05, 4.69) is 10.1 Å². The number of rotatable bonds is 6. The highest BCUT2D eigenvalue weighted by molar-refractivity contribution is 6.32. The average molecular weight is 366 g/mol. The number of nitrogens with zero attached hydrogens (tertiary/aromatic N) is 2. The van der Waals surface area contributed by atoms with Gasteiger partial charge >= 0.3 is 0 Å². The molecule has 1 fully saturated rings. The van der Waals surface area contributed by atoms with Crippen molar-refractivity contribution in [3.05, 3.63) is 23.0 Å². The molecule has 0 unspecified atom stereocenters. The molecule has 6 nitrogen and oxygen atoms in total. The number of ether oxygens (including phenoxy) is 2. The molecule has 1 aromatic heterocycles. The van der Waals surface area contributed by atoms with Crippen LogP contribution < -0.4 is 15.2 Å². The summed E-state index contributed by atoms with van der Waals surface area (Å²) in [5.74, 6) is 2.12. The van der Waals surface area contributed by atoms with Crippen molar-refractivity contribution in [3.63, 3.8) is 0 Å². The lowest BCUT2D eigenvalue weighted by Crippen LogP contribution is -2.35. The molecule has 1 saturated carbocycles. The lowest BCUT2D eigenvalue weighted by Gasteiger charge is -2.34. The van der Waals surface area contributed by atoms with Gasteiger partial charge in [-0.05, 0) is 36.9 Å². The Labute approximate surface area is 152 Å². The summed E-state index contributed by atoms with van der Waals surface area (Å²) >= 11 is 6.26. The van der Waals surface area contributed by atoms with Crippen LogP contribution in [0.4, 0.5) is 0 Å². The standard InChI is InChI=1S/C18H24ClN3O3/c1-23-14-9-12(8-13(19)16(14)24-2)17-21-15(25-22-17)10-18(11-20)6-4-3-5-7-18/h8-9H,3-7,10-11,20H2,1-2H3. The van der Waals surface area contributed by atoms with E-state index in [1.807, 2.05) is 0 Å². The molecule has 2 aromatic rings. The van der Waals surface area contributed by atoms with E-state index < -0.39 is 0 Å². The van der Waals surface area contributed by atoms with Gasteiger partial charge < -0.3 is 19.7 Å². The van der Waals surface area contributed by atoms with Crippen LogP contribution in [0.15, 0.2) is 16.7 Å². The second kappa shape index (κ2) is 7.62. The molecule has 0 bridgehead atoms. The minimum Gasteiger partial charge on any atom is -0.493 e. The first-order valence-corrected chi connectivity index (χ1v) is 8.93. The number of hydrogen-bond donors (Lipinski definition) is 1. The van der Waals surface area contributed by atoms with Crippen LogP contribution in [-0.2, 0) is 6.42 Å². The summed E-state index contributed by atoms with van der Waals surface area (Å²) in [5.41, 5.74) is 6.86. The first-order chi connectivity index (χ1) is 12.1. The molecule has 1 heterocycles. The number of benzene rings is 1. The highest BCUT2D eigenvalue weighted by Crippen LogP contribution is 2.40. The van der Waals surface area contributed by atoms with Crippen LogP contribution in [0.25, 0.3) is 11.4 Å². The summed E-state index contributed by atoms with van der Waals surface area (Å²) in [6.45, 7) is 0.646. The Morgan fingerprint density at radius 3 is 2.60 bits per heavy atom. The van der Waals surface area contributed by atoms with E-state index in [4.69, 9.17) is 31.3 Å². The van der Waals surface area contributed by atoms with Crippen LogP contribution >= 0.6 is 11.6 Å². The van der Waals surface area contributed by atoms with Crippen molar-refractivity contribution >= 4 is 11.6 Å². The fourth-order valence-corrected chi connectivity index (χ4v) is 3.85. The maximum absolute atomic E-state index is 6.26. The molecule has 0 saturated heterocycles. The predicted molar refractivity (Wildman–Crippen MR) is 96.1 cm³/mol. The van der Waals surface area contributed by atoms with E-state index in [0.717, 1.165) is 24.8 Å². The lowest BCUT2D eigenvalue weighted by molar-refractivity contribution is 0.177. The molecule has 0 spiro atoms. The number of hydrogen-bond acceptors (Lipinski definition) is 6. The van der Waals surface area contributed by atoms with Crippen LogP contribution in [0.1, 0.15) is 38.0 Å². The molecule has 136 valence electrons. The van der Waals surface area contributed by atoms with Gasteiger partial charge in [0.15, 0.2) is 11.5 Å². The smallest absolute Gasteiger partial charge is 0.227 e. The van der Waals surface area contributed by atoms with E-state index >= 15 is 0 Å². The molecular formula is C18H24ClN3O3. The summed E-state index contributed by atoms with van der Waals surface area (Å²) in [6.07, 6.45) is 6.65. The van der Waals surface area contributed by atoms with Gasteiger partial charge in [-0.3, -0.25) is 0 Å². The molecule has 0 atom stereocenters. The molecule has 2 N–H and O–H groups in total. The number of halogens is 1. The van der Waals surface area contributed by atoms with E-state index in [1.54, 1.807) is 26.4 Å². The Morgan fingerprint density at radius 2 is 1.96 bits per heavy atom. The van der Waals surface area contributed by atoms with E-state index in [1.165, 1.54) is 19.3 Å². The first-order valence-electron chi connectivity index (χ1n) is 8.55. The summed E-state index contributed by atoms with van der Waals surface area (Å²) < 4.78 is 16.1. The highest BCUT2D eigenvalue weighted by atomic mass is 35.5. The predicted octanol–water partition coefficient (Wildman–Crippen LogP) is 3.86. The van der Waals surface area contributed by atoms with E-state index in [9.17, 15) is 0 Å². The monoisotopic (exact) mass is 365 g/mol. The Bertz CT molecular complexity index is 726. The minimum atomic E-state index is 0.0807. The molecule has 3 rings (SSSR count). The van der Waals surface area contributed by atoms with Crippen molar-refractivity contribution in [3.8, 4) is 22.9 Å². The van der Waals surface area contributed by atoms with Gasteiger partial charge in [0.05, 0.1) is 19.2 Å². The molecule has 0 aliphatic heterocycles. The van der Waals surface area contributed by atoms with Gasteiger partial charge in [0.1, 0.15) is 0 Å². The maximum Gasteiger partial charge on any atom is 0.227 e. The van der Waals surface area contributed by atoms with Gasteiger partial charge in [0.2, 0.25) is 11.7 Å². The Hall–Kier alpha value is -1.79. The summed E-state index contributed by atoms with van der Waals surface area (Å²) in [7, 11) is 3.11. The van der Waals surface area contributed by atoms with Gasteiger partial charge in [-0.15, -0.1) is 0 Å². The zero-order valence-corrected chi connectivity index (χ0v) is 15.4. The SMILES string of the molecule is COc1cc(-c2noc(CC3(CN)CCCCC3)n2)cc(Cl)c1OC. The van der Waals surface area contributed by atoms with Gasteiger partial charge in [-0.25, -0.2) is 0 Å². The largest absolute Gasteiger partial charge is 0.493 e. The van der Waals surface area contributed by atoms with Crippen LogP contribution in [0.2, 0.25) is 5.02 Å². The van der Waals surface area contributed by atoms with Crippen LogP contribution in [0.5, 0.6) is 11.5 Å². The molecule has 1 aliphatic carbocycles. The molecule has 25 heavy (non-hydrogen) atoms. The number of aromatic nitrogens is 2. The summed E-state index contributed by atoms with van der Waals surface area (Å²) in [6, 6.07) is 3.54. The van der Waals surface area contributed by atoms with Crippen molar-refractivity contribution in [2.45, 2.75) is 38.5 Å². The minimum absolute atomic E-state index is 0.0807. The zero-order valence-electron chi connectivity index (χ0n) is 14.7. The third-order valence-corrected chi connectivity index (χ3v) is 5.31. The second-order valence-corrected chi connectivity index (χ2v) is 7.05. The molecule has 1 aliphatic rings. The Kier molecular flexibility index (Phi) is 5.49. The molecule has 0 amide bonds. The van der Waals surface area contributed by atoms with Crippen molar-refractivity contribution in [2.24, 2.45) is 11.1 Å². The van der Waals surface area contributed by atoms with Crippen molar-refractivity contribution in [2.75, 3.05) is 20.8 Å². The quantitative estimate of drug-likeness (QED) is 0.836. The third kappa shape index (κ3) is 3.75.